The average Bonchev–Trinajstić information content (AvgIpc) is 3.02. The van der Waals surface area contributed by atoms with Crippen LogP contribution in [0.2, 0.25) is 0 Å². The molecule has 0 aliphatic heterocycles. The molecule has 2 aromatic rings. The smallest absolute Gasteiger partial charge is 0.245 e. The summed E-state index contributed by atoms with van der Waals surface area (Å²) in [6.07, 6.45) is 3.01. The van der Waals surface area contributed by atoms with Crippen LogP contribution in [0, 0.1) is 0 Å². The molecule has 2 rings (SSSR count). The third-order valence-corrected chi connectivity index (χ3v) is 2.95. The zero-order valence-corrected chi connectivity index (χ0v) is 13.4. The third kappa shape index (κ3) is 5.20. The van der Waals surface area contributed by atoms with Gasteiger partial charge >= 0.3 is 0 Å². The van der Waals surface area contributed by atoms with Gasteiger partial charge in [0.1, 0.15) is 0 Å². The molecule has 2 heterocycles. The van der Waals surface area contributed by atoms with Crippen LogP contribution in [0.5, 0.6) is 5.88 Å². The Morgan fingerprint density at radius 2 is 2.22 bits per heavy atom. The first-order valence-corrected chi connectivity index (χ1v) is 7.33. The number of aromatic nitrogens is 4. The van der Waals surface area contributed by atoms with Crippen molar-refractivity contribution in [3.8, 4) is 5.88 Å². The maximum atomic E-state index is 11.7. The van der Waals surface area contributed by atoms with Crippen molar-refractivity contribution in [1.29, 1.82) is 0 Å². The van der Waals surface area contributed by atoms with E-state index in [-0.39, 0.29) is 17.8 Å². The van der Waals surface area contributed by atoms with Crippen molar-refractivity contribution < 1.29 is 14.1 Å². The number of ether oxygens (including phenoxy) is 1. The van der Waals surface area contributed by atoms with Gasteiger partial charge in [0.15, 0.2) is 5.82 Å². The molecule has 0 radical (unpaired) electrons. The van der Waals surface area contributed by atoms with E-state index in [1.807, 2.05) is 13.8 Å². The van der Waals surface area contributed by atoms with Gasteiger partial charge in [-0.05, 0) is 6.42 Å². The van der Waals surface area contributed by atoms with Crippen LogP contribution in [0.1, 0.15) is 44.3 Å². The minimum absolute atomic E-state index is 0.181. The van der Waals surface area contributed by atoms with Crippen LogP contribution in [0.25, 0.3) is 0 Å². The first-order valence-electron chi connectivity index (χ1n) is 7.33. The number of methoxy groups -OCH3 is 1. The predicted octanol–water partition coefficient (Wildman–Crippen LogP) is 1.46. The minimum atomic E-state index is -0.181. The van der Waals surface area contributed by atoms with Crippen LogP contribution in [0.4, 0.5) is 5.95 Å². The summed E-state index contributed by atoms with van der Waals surface area (Å²) in [5, 5.41) is 3.88. The van der Waals surface area contributed by atoms with Gasteiger partial charge in [-0.1, -0.05) is 19.0 Å². The molecule has 0 aliphatic rings. The van der Waals surface area contributed by atoms with Crippen LogP contribution >= 0.6 is 0 Å². The van der Waals surface area contributed by atoms with Gasteiger partial charge in [0.2, 0.25) is 23.6 Å². The zero-order chi connectivity index (χ0) is 16.7. The van der Waals surface area contributed by atoms with Gasteiger partial charge in [-0.3, -0.25) is 15.6 Å². The monoisotopic (exact) mass is 320 g/mol. The fourth-order valence-corrected chi connectivity index (χ4v) is 1.71. The molecule has 2 N–H and O–H groups in total. The Morgan fingerprint density at radius 3 is 2.91 bits per heavy atom. The Kier molecular flexibility index (Phi) is 5.84. The second-order valence-electron chi connectivity index (χ2n) is 5.15. The van der Waals surface area contributed by atoms with Gasteiger partial charge in [0.05, 0.1) is 7.11 Å². The SMILES string of the molecule is COc1ccnc(NNC(=O)CCCc2nc(C(C)C)no2)n1. The molecule has 1 amide bonds. The van der Waals surface area contributed by atoms with E-state index >= 15 is 0 Å². The molecule has 0 fully saturated rings. The lowest BCUT2D eigenvalue weighted by atomic mass is 10.2. The molecule has 0 saturated carbocycles. The van der Waals surface area contributed by atoms with E-state index in [9.17, 15) is 4.79 Å². The van der Waals surface area contributed by atoms with Crippen molar-refractivity contribution in [3.05, 3.63) is 24.0 Å². The second kappa shape index (κ2) is 8.06. The fraction of sp³-hybridized carbons (Fsp3) is 0.500. The third-order valence-electron chi connectivity index (χ3n) is 2.95. The molecule has 124 valence electrons. The van der Waals surface area contributed by atoms with E-state index in [1.54, 1.807) is 6.07 Å². The summed E-state index contributed by atoms with van der Waals surface area (Å²) in [7, 11) is 1.51. The lowest BCUT2D eigenvalue weighted by Gasteiger charge is -2.07. The normalized spacial score (nSPS) is 10.6. The number of hydrazine groups is 1. The molecule has 0 atom stereocenters. The lowest BCUT2D eigenvalue weighted by molar-refractivity contribution is -0.120. The van der Waals surface area contributed by atoms with Crippen molar-refractivity contribution in [2.45, 2.75) is 39.0 Å². The molecule has 9 nitrogen and oxygen atoms in total. The Morgan fingerprint density at radius 1 is 1.39 bits per heavy atom. The average molecular weight is 320 g/mol. The van der Waals surface area contributed by atoms with Gasteiger partial charge < -0.3 is 9.26 Å². The highest BCUT2D eigenvalue weighted by molar-refractivity contribution is 5.76. The molecule has 0 bridgehead atoms. The molecule has 2 aromatic heterocycles. The van der Waals surface area contributed by atoms with Gasteiger partial charge in [0.25, 0.3) is 0 Å². The highest BCUT2D eigenvalue weighted by Gasteiger charge is 2.10. The highest BCUT2D eigenvalue weighted by Crippen LogP contribution is 2.11. The number of anilines is 1. The van der Waals surface area contributed by atoms with Crippen LogP contribution in [0.3, 0.4) is 0 Å². The molecule has 0 unspecified atom stereocenters. The summed E-state index contributed by atoms with van der Waals surface area (Å²) in [6.45, 7) is 3.99. The van der Waals surface area contributed by atoms with E-state index in [0.29, 0.717) is 36.9 Å². The number of hydrogen-bond donors (Lipinski definition) is 2. The van der Waals surface area contributed by atoms with E-state index in [2.05, 4.69) is 31.0 Å². The Bertz CT molecular complexity index is 643. The van der Waals surface area contributed by atoms with Gasteiger partial charge in [-0.2, -0.15) is 9.97 Å². The molecule has 23 heavy (non-hydrogen) atoms. The maximum Gasteiger partial charge on any atom is 0.245 e. The summed E-state index contributed by atoms with van der Waals surface area (Å²) in [5.41, 5.74) is 5.16. The van der Waals surface area contributed by atoms with Crippen molar-refractivity contribution in [3.63, 3.8) is 0 Å². The number of amides is 1. The molecule has 9 heteroatoms. The van der Waals surface area contributed by atoms with Crippen molar-refractivity contribution in [2.75, 3.05) is 12.5 Å². The van der Waals surface area contributed by atoms with E-state index in [0.717, 1.165) is 0 Å². The van der Waals surface area contributed by atoms with Crippen LogP contribution in [0.15, 0.2) is 16.8 Å². The largest absolute Gasteiger partial charge is 0.481 e. The number of rotatable bonds is 8. The molecule has 0 aliphatic carbocycles. The summed E-state index contributed by atoms with van der Waals surface area (Å²) in [6, 6.07) is 1.61. The molecule has 0 saturated heterocycles. The number of nitrogens with one attached hydrogen (secondary N) is 2. The van der Waals surface area contributed by atoms with Gasteiger partial charge in [0, 0.05) is 31.0 Å². The van der Waals surface area contributed by atoms with E-state index in [4.69, 9.17) is 9.26 Å². The van der Waals surface area contributed by atoms with Crippen LogP contribution in [-0.4, -0.2) is 33.1 Å². The number of aryl methyl sites for hydroxylation is 1. The molecule has 0 aromatic carbocycles. The van der Waals surface area contributed by atoms with Gasteiger partial charge in [-0.15, -0.1) is 0 Å². The number of nitrogens with zero attached hydrogens (tertiary/aromatic N) is 4. The standard InChI is InChI=1S/C14H20N6O3/c1-9(2)13-16-12(23-20-13)6-4-5-10(21)18-19-14-15-8-7-11(17-14)22-3/h7-9H,4-6H2,1-3H3,(H,18,21)(H,15,17,19). The fourth-order valence-electron chi connectivity index (χ4n) is 1.71. The van der Waals surface area contributed by atoms with Crippen LogP contribution < -0.4 is 15.6 Å². The molecular weight excluding hydrogens is 300 g/mol. The van der Waals surface area contributed by atoms with Crippen molar-refractivity contribution in [2.24, 2.45) is 0 Å². The summed E-state index contributed by atoms with van der Waals surface area (Å²) < 4.78 is 10.1. The summed E-state index contributed by atoms with van der Waals surface area (Å²) in [5.74, 6) is 1.94. The summed E-state index contributed by atoms with van der Waals surface area (Å²) in [4.78, 5) is 24.0. The minimum Gasteiger partial charge on any atom is -0.481 e. The Labute approximate surface area is 133 Å². The lowest BCUT2D eigenvalue weighted by Crippen LogP contribution is -2.30. The number of hydrogen-bond acceptors (Lipinski definition) is 8. The van der Waals surface area contributed by atoms with E-state index in [1.165, 1.54) is 13.3 Å². The predicted molar refractivity (Wildman–Crippen MR) is 81.7 cm³/mol. The maximum absolute atomic E-state index is 11.7. The van der Waals surface area contributed by atoms with Crippen molar-refractivity contribution >= 4 is 11.9 Å². The zero-order valence-electron chi connectivity index (χ0n) is 13.4. The second-order valence-corrected chi connectivity index (χ2v) is 5.15. The summed E-state index contributed by atoms with van der Waals surface area (Å²) >= 11 is 0. The van der Waals surface area contributed by atoms with E-state index < -0.39 is 0 Å². The molecular formula is C14H20N6O3. The highest BCUT2D eigenvalue weighted by atomic mass is 16.5. The first kappa shape index (κ1) is 16.7. The Hall–Kier alpha value is -2.71. The topological polar surface area (TPSA) is 115 Å². The van der Waals surface area contributed by atoms with Gasteiger partial charge in [-0.25, -0.2) is 4.98 Å². The number of carbonyl (C=O) groups is 1. The number of carbonyl (C=O) groups excluding carboxylic acids is 1. The quantitative estimate of drug-likeness (QED) is 0.702. The Balaban J connectivity index is 1.70. The molecule has 0 spiro atoms. The van der Waals surface area contributed by atoms with Crippen molar-refractivity contribution in [1.82, 2.24) is 25.5 Å². The van der Waals surface area contributed by atoms with Crippen LogP contribution in [-0.2, 0) is 11.2 Å². The first-order chi connectivity index (χ1) is 11.1.